The number of hydrogen-bond acceptors (Lipinski definition) is 4. The molecule has 0 saturated heterocycles. The van der Waals surface area contributed by atoms with Gasteiger partial charge in [0.1, 0.15) is 0 Å². The summed E-state index contributed by atoms with van der Waals surface area (Å²) in [7, 11) is -3.68. The standard InChI is InChI=1S/C6H11NO4S.Na/c1-4-6(8)7-11-12(9,10)5(2)3;/h4-5H,1H2,2-3H3,(H,7,8);. The van der Waals surface area contributed by atoms with Crippen LogP contribution in [0.15, 0.2) is 12.7 Å². The van der Waals surface area contributed by atoms with Crippen LogP contribution in [0.4, 0.5) is 0 Å². The molecule has 0 aromatic rings. The van der Waals surface area contributed by atoms with E-state index in [4.69, 9.17) is 0 Å². The van der Waals surface area contributed by atoms with Crippen molar-refractivity contribution in [1.82, 2.24) is 5.48 Å². The van der Waals surface area contributed by atoms with Gasteiger partial charge in [-0.3, -0.25) is 4.79 Å². The Bertz CT molecular complexity index is 272. The first-order valence-electron chi connectivity index (χ1n) is 3.25. The monoisotopic (exact) mass is 216 g/mol. The second-order valence-electron chi connectivity index (χ2n) is 2.30. The topological polar surface area (TPSA) is 72.5 Å². The minimum absolute atomic E-state index is 0. The molecule has 0 unspecified atom stereocenters. The smallest absolute Gasteiger partial charge is 0.268 e. The van der Waals surface area contributed by atoms with Crippen LogP contribution in [0, 0.1) is 0 Å². The first kappa shape index (κ1) is 15.6. The van der Waals surface area contributed by atoms with E-state index < -0.39 is 21.3 Å². The van der Waals surface area contributed by atoms with Gasteiger partial charge in [-0.2, -0.15) is 8.42 Å². The van der Waals surface area contributed by atoms with Crippen LogP contribution in [0.1, 0.15) is 13.8 Å². The fourth-order valence-corrected chi connectivity index (χ4v) is 0.628. The second-order valence-corrected chi connectivity index (χ2v) is 4.39. The van der Waals surface area contributed by atoms with Crippen LogP contribution in [-0.4, -0.2) is 49.1 Å². The van der Waals surface area contributed by atoms with Crippen molar-refractivity contribution in [3.05, 3.63) is 12.7 Å². The predicted octanol–water partition coefficient (Wildman–Crippen LogP) is -0.422. The number of rotatable bonds is 4. The molecule has 0 aliphatic heterocycles. The maximum absolute atomic E-state index is 10.9. The molecule has 0 atom stereocenters. The molecule has 0 aliphatic rings. The summed E-state index contributed by atoms with van der Waals surface area (Å²) in [6.45, 7) is 6.00. The third kappa shape index (κ3) is 6.23. The molecular formula is C6H11NNaO4S. The van der Waals surface area contributed by atoms with E-state index in [-0.39, 0.29) is 29.6 Å². The van der Waals surface area contributed by atoms with Gasteiger partial charge in [0.2, 0.25) is 0 Å². The van der Waals surface area contributed by atoms with Gasteiger partial charge in [-0.25, -0.2) is 5.48 Å². The first-order valence-corrected chi connectivity index (χ1v) is 4.72. The first-order chi connectivity index (χ1) is 5.40. The normalized spacial score (nSPS) is 10.4. The number of carbonyl (C=O) groups is 1. The minimum atomic E-state index is -3.68. The molecule has 0 aromatic carbocycles. The predicted molar refractivity (Wildman–Crippen MR) is 49.2 cm³/mol. The van der Waals surface area contributed by atoms with Crippen LogP contribution in [0.3, 0.4) is 0 Å². The molecular weight excluding hydrogens is 205 g/mol. The van der Waals surface area contributed by atoms with Gasteiger partial charge in [-0.05, 0) is 19.9 Å². The van der Waals surface area contributed by atoms with Crippen LogP contribution in [0.2, 0.25) is 0 Å². The zero-order chi connectivity index (χ0) is 9.78. The summed E-state index contributed by atoms with van der Waals surface area (Å²) < 4.78 is 25.9. The van der Waals surface area contributed by atoms with Gasteiger partial charge < -0.3 is 0 Å². The molecule has 13 heavy (non-hydrogen) atoms. The molecule has 0 spiro atoms. The van der Waals surface area contributed by atoms with Crippen molar-refractivity contribution in [2.75, 3.05) is 0 Å². The summed E-state index contributed by atoms with van der Waals surface area (Å²) in [5.41, 5.74) is 1.71. The molecule has 5 nitrogen and oxygen atoms in total. The van der Waals surface area contributed by atoms with Crippen LogP contribution < -0.4 is 5.48 Å². The van der Waals surface area contributed by atoms with Gasteiger partial charge in [0.05, 0.1) is 5.25 Å². The van der Waals surface area contributed by atoms with Crippen molar-refractivity contribution < 1.29 is 17.5 Å². The maximum Gasteiger partial charge on any atom is 0.290 e. The van der Waals surface area contributed by atoms with E-state index in [2.05, 4.69) is 10.9 Å². The number of hydroxylamine groups is 1. The van der Waals surface area contributed by atoms with Gasteiger partial charge in [0.15, 0.2) is 0 Å². The van der Waals surface area contributed by atoms with Gasteiger partial charge in [0.25, 0.3) is 16.0 Å². The average Bonchev–Trinajstić information content (AvgIpc) is 2.00. The summed E-state index contributed by atoms with van der Waals surface area (Å²) in [5.74, 6) is -0.695. The molecule has 0 aromatic heterocycles. The SMILES string of the molecule is C=CC(=O)NOS(=O)(=O)C(C)C.[Na]. The van der Waals surface area contributed by atoms with E-state index in [1.54, 1.807) is 5.48 Å². The largest absolute Gasteiger partial charge is 0.290 e. The van der Waals surface area contributed by atoms with E-state index in [1.165, 1.54) is 13.8 Å². The molecule has 0 fully saturated rings. The summed E-state index contributed by atoms with van der Waals surface area (Å²) in [5, 5.41) is -0.692. The Kier molecular flexibility index (Phi) is 7.86. The maximum atomic E-state index is 10.9. The van der Waals surface area contributed by atoms with Gasteiger partial charge in [0, 0.05) is 29.6 Å². The van der Waals surface area contributed by atoms with Crippen LogP contribution >= 0.6 is 0 Å². The van der Waals surface area contributed by atoms with Crippen molar-refractivity contribution in [3.63, 3.8) is 0 Å². The summed E-state index contributed by atoms with van der Waals surface area (Å²) in [6, 6.07) is 0. The zero-order valence-corrected chi connectivity index (χ0v) is 10.7. The molecule has 0 saturated carbocycles. The van der Waals surface area contributed by atoms with E-state index in [0.29, 0.717) is 0 Å². The van der Waals surface area contributed by atoms with E-state index in [0.717, 1.165) is 6.08 Å². The number of carbonyl (C=O) groups excluding carboxylic acids is 1. The number of hydrogen-bond donors (Lipinski definition) is 1. The molecule has 1 radical (unpaired) electrons. The quantitative estimate of drug-likeness (QED) is 0.393. The molecule has 0 rings (SSSR count). The Hall–Kier alpha value is 0.120. The summed E-state index contributed by atoms with van der Waals surface area (Å²) >= 11 is 0. The van der Waals surface area contributed by atoms with Crippen molar-refractivity contribution in [1.29, 1.82) is 0 Å². The minimum Gasteiger partial charge on any atom is -0.268 e. The molecule has 0 aliphatic carbocycles. The van der Waals surface area contributed by atoms with Crippen LogP contribution in [0.25, 0.3) is 0 Å². The summed E-state index contributed by atoms with van der Waals surface area (Å²) in [4.78, 5) is 10.5. The Morgan fingerprint density at radius 2 is 2.00 bits per heavy atom. The average molecular weight is 216 g/mol. The number of amides is 1. The second kappa shape index (κ2) is 6.56. The molecule has 0 bridgehead atoms. The Balaban J connectivity index is 0. The Labute approximate surface area is 99.9 Å². The fraction of sp³-hybridized carbons (Fsp3) is 0.500. The third-order valence-corrected chi connectivity index (χ3v) is 2.49. The van der Waals surface area contributed by atoms with E-state index in [1.807, 2.05) is 0 Å². The molecule has 1 N–H and O–H groups in total. The van der Waals surface area contributed by atoms with Crippen molar-refractivity contribution >= 4 is 45.6 Å². The Morgan fingerprint density at radius 3 is 2.31 bits per heavy atom. The third-order valence-electron chi connectivity index (χ3n) is 1.02. The van der Waals surface area contributed by atoms with Crippen LogP contribution in [-0.2, 0) is 19.2 Å². The molecule has 71 valence electrons. The van der Waals surface area contributed by atoms with E-state index >= 15 is 0 Å². The fourth-order valence-electron chi connectivity index (χ4n) is 0.237. The molecule has 1 amide bonds. The van der Waals surface area contributed by atoms with Gasteiger partial charge in [-0.1, -0.05) is 6.58 Å². The molecule has 7 heteroatoms. The zero-order valence-electron chi connectivity index (χ0n) is 7.90. The van der Waals surface area contributed by atoms with Gasteiger partial charge >= 0.3 is 0 Å². The van der Waals surface area contributed by atoms with Crippen molar-refractivity contribution in [2.45, 2.75) is 19.1 Å². The molecule has 0 heterocycles. The van der Waals surface area contributed by atoms with Crippen molar-refractivity contribution in [3.8, 4) is 0 Å². The number of nitrogens with one attached hydrogen (secondary N) is 1. The Morgan fingerprint density at radius 1 is 1.54 bits per heavy atom. The van der Waals surface area contributed by atoms with Gasteiger partial charge in [-0.15, -0.1) is 4.28 Å². The van der Waals surface area contributed by atoms with E-state index in [9.17, 15) is 13.2 Å². The van der Waals surface area contributed by atoms with Crippen LogP contribution in [0.5, 0.6) is 0 Å². The summed E-state index contributed by atoms with van der Waals surface area (Å²) in [6.07, 6.45) is 0.913. The van der Waals surface area contributed by atoms with Crippen molar-refractivity contribution in [2.24, 2.45) is 0 Å².